The minimum absolute atomic E-state index is 0.104. The molecule has 140 valence electrons. The molecule has 0 saturated carbocycles. The topological polar surface area (TPSA) is 72.2 Å². The van der Waals surface area contributed by atoms with Crippen LogP contribution < -0.4 is 5.32 Å². The number of thiazole rings is 1. The van der Waals surface area contributed by atoms with Crippen LogP contribution in [0.5, 0.6) is 0 Å². The van der Waals surface area contributed by atoms with Crippen LogP contribution in [0.2, 0.25) is 0 Å². The lowest BCUT2D eigenvalue weighted by molar-refractivity contribution is -0.114. The molecule has 0 aromatic carbocycles. The maximum Gasteiger partial charge on any atom is 0.223 e. The van der Waals surface area contributed by atoms with Gasteiger partial charge in [0.25, 0.3) is 0 Å². The average molecular weight is 400 g/mol. The first kappa shape index (κ1) is 18.2. The summed E-state index contributed by atoms with van der Waals surface area (Å²) in [6.45, 7) is 8.62. The molecule has 2 aliphatic rings. The second kappa shape index (κ2) is 6.76. The molecule has 4 heterocycles. The molecule has 2 aliphatic heterocycles. The summed E-state index contributed by atoms with van der Waals surface area (Å²) >= 11 is 3.28. The van der Waals surface area contributed by atoms with Crippen molar-refractivity contribution in [1.82, 2.24) is 14.8 Å². The van der Waals surface area contributed by atoms with Crippen molar-refractivity contribution in [3.05, 3.63) is 29.6 Å². The van der Waals surface area contributed by atoms with Crippen LogP contribution in [0.15, 0.2) is 28.1 Å². The van der Waals surface area contributed by atoms with Gasteiger partial charge < -0.3 is 5.32 Å². The predicted octanol–water partition coefficient (Wildman–Crippen LogP) is 4.35. The van der Waals surface area contributed by atoms with Crippen molar-refractivity contribution in [3.63, 3.8) is 0 Å². The van der Waals surface area contributed by atoms with Crippen LogP contribution in [-0.4, -0.2) is 33.4 Å². The van der Waals surface area contributed by atoms with Crippen molar-refractivity contribution in [1.29, 1.82) is 0 Å². The Balaban J connectivity index is 1.90. The number of allylic oxidation sites excluding steroid dienone is 3. The van der Waals surface area contributed by atoms with E-state index in [4.69, 9.17) is 5.10 Å². The SMILES string of the molecule is CC(=O)Nc1nc2c(s1)-c1c(c(C3=CCN=CC=C3)nn1C(C)(C)C)SC2. The molecule has 4 rings (SSSR count). The second-order valence-electron chi connectivity index (χ2n) is 7.41. The van der Waals surface area contributed by atoms with Crippen molar-refractivity contribution in [3.8, 4) is 10.6 Å². The van der Waals surface area contributed by atoms with Gasteiger partial charge in [-0.15, -0.1) is 11.8 Å². The normalized spacial score (nSPS) is 15.8. The lowest BCUT2D eigenvalue weighted by Crippen LogP contribution is -2.24. The van der Waals surface area contributed by atoms with Crippen molar-refractivity contribution in [2.45, 2.75) is 43.9 Å². The van der Waals surface area contributed by atoms with Gasteiger partial charge in [-0.25, -0.2) is 4.98 Å². The summed E-state index contributed by atoms with van der Waals surface area (Å²) in [6, 6.07) is 0. The number of carbonyl (C=O) groups is 1. The minimum atomic E-state index is -0.179. The number of fused-ring (bicyclic) bond motifs is 3. The number of anilines is 1. The molecule has 0 saturated heterocycles. The van der Waals surface area contributed by atoms with E-state index >= 15 is 0 Å². The second-order valence-corrected chi connectivity index (χ2v) is 9.39. The maximum atomic E-state index is 11.4. The Bertz CT molecular complexity index is 1000. The highest BCUT2D eigenvalue weighted by Crippen LogP contribution is 2.49. The van der Waals surface area contributed by atoms with Gasteiger partial charge in [-0.3, -0.25) is 14.5 Å². The molecule has 2 aromatic rings. The Morgan fingerprint density at radius 3 is 2.89 bits per heavy atom. The first-order valence-corrected chi connectivity index (χ1v) is 10.6. The third-order valence-electron chi connectivity index (χ3n) is 4.18. The molecule has 1 amide bonds. The van der Waals surface area contributed by atoms with Crippen molar-refractivity contribution < 1.29 is 4.79 Å². The van der Waals surface area contributed by atoms with Gasteiger partial charge in [-0.05, 0) is 26.8 Å². The van der Waals surface area contributed by atoms with Crippen molar-refractivity contribution in [2.24, 2.45) is 4.99 Å². The summed E-state index contributed by atoms with van der Waals surface area (Å²) in [5.74, 6) is 0.669. The number of rotatable bonds is 2. The molecular formula is C19H21N5OS2. The molecule has 2 aromatic heterocycles. The fourth-order valence-electron chi connectivity index (χ4n) is 3.06. The third-order valence-corrected chi connectivity index (χ3v) is 6.30. The van der Waals surface area contributed by atoms with E-state index in [0.717, 1.165) is 33.3 Å². The van der Waals surface area contributed by atoms with Gasteiger partial charge in [0, 0.05) is 24.5 Å². The highest BCUT2D eigenvalue weighted by Gasteiger charge is 2.33. The number of nitrogens with one attached hydrogen (secondary N) is 1. The Morgan fingerprint density at radius 2 is 2.15 bits per heavy atom. The Hall–Kier alpha value is -2.19. The molecule has 8 heteroatoms. The number of aliphatic imine (C=N–C) groups is 1. The van der Waals surface area contributed by atoms with Gasteiger partial charge in [0.2, 0.25) is 5.91 Å². The Morgan fingerprint density at radius 1 is 1.33 bits per heavy atom. The first-order chi connectivity index (χ1) is 12.8. The summed E-state index contributed by atoms with van der Waals surface area (Å²) in [4.78, 5) is 22.6. The average Bonchev–Trinajstić information content (AvgIpc) is 3.05. The monoisotopic (exact) mass is 399 g/mol. The van der Waals surface area contributed by atoms with E-state index < -0.39 is 0 Å². The molecule has 0 fully saturated rings. The number of hydrogen-bond donors (Lipinski definition) is 1. The molecule has 27 heavy (non-hydrogen) atoms. The standard InChI is InChI=1S/C19H21N5OS2/c1-11(25)21-18-22-13-10-26-17-14(12-6-5-8-20-9-7-12)23-24(19(2,3)4)15(17)16(13)27-18/h5-8H,9-10H2,1-4H3,(H,21,22,25). The van der Waals surface area contributed by atoms with Crippen molar-refractivity contribution in [2.75, 3.05) is 11.9 Å². The van der Waals surface area contributed by atoms with E-state index in [-0.39, 0.29) is 11.4 Å². The Kier molecular flexibility index (Phi) is 4.55. The zero-order chi connectivity index (χ0) is 19.2. The molecule has 0 bridgehead atoms. The molecule has 0 atom stereocenters. The van der Waals surface area contributed by atoms with Gasteiger partial charge in [0.15, 0.2) is 5.13 Å². The van der Waals surface area contributed by atoms with Gasteiger partial charge in [-0.2, -0.15) is 5.10 Å². The zero-order valence-corrected chi connectivity index (χ0v) is 17.4. The van der Waals surface area contributed by atoms with E-state index in [1.165, 1.54) is 23.2 Å². The lowest BCUT2D eigenvalue weighted by atomic mass is 10.1. The molecule has 0 aliphatic carbocycles. The smallest absolute Gasteiger partial charge is 0.223 e. The van der Waals surface area contributed by atoms with Crippen LogP contribution in [0.3, 0.4) is 0 Å². The minimum Gasteiger partial charge on any atom is -0.302 e. The van der Waals surface area contributed by atoms with E-state index in [0.29, 0.717) is 11.7 Å². The van der Waals surface area contributed by atoms with Crippen molar-refractivity contribution >= 4 is 45.9 Å². The first-order valence-electron chi connectivity index (χ1n) is 8.75. The third kappa shape index (κ3) is 3.39. The largest absolute Gasteiger partial charge is 0.302 e. The van der Waals surface area contributed by atoms with E-state index in [1.807, 2.05) is 12.3 Å². The molecule has 6 nitrogen and oxygen atoms in total. The number of hydrogen-bond acceptors (Lipinski definition) is 6. The van der Waals surface area contributed by atoms with E-state index in [1.54, 1.807) is 11.8 Å². The Labute approximate surface area is 166 Å². The van der Waals surface area contributed by atoms with Crippen LogP contribution in [0.4, 0.5) is 5.13 Å². The van der Waals surface area contributed by atoms with Crippen LogP contribution in [0, 0.1) is 0 Å². The fraction of sp³-hybridized carbons (Fsp3) is 0.368. The fourth-order valence-corrected chi connectivity index (χ4v) is 5.39. The molecule has 1 N–H and O–H groups in total. The maximum absolute atomic E-state index is 11.4. The van der Waals surface area contributed by atoms with Crippen LogP contribution in [-0.2, 0) is 16.1 Å². The van der Waals surface area contributed by atoms with Gasteiger partial charge in [0.05, 0.1) is 33.2 Å². The molecule has 0 unspecified atom stereocenters. The summed E-state index contributed by atoms with van der Waals surface area (Å²) in [6.07, 6.45) is 7.96. The highest BCUT2D eigenvalue weighted by molar-refractivity contribution is 7.98. The molecular weight excluding hydrogens is 378 g/mol. The quantitative estimate of drug-likeness (QED) is 0.815. The highest BCUT2D eigenvalue weighted by atomic mass is 32.2. The van der Waals surface area contributed by atoms with E-state index in [2.05, 4.69) is 52.9 Å². The van der Waals surface area contributed by atoms with Crippen LogP contribution >= 0.6 is 23.1 Å². The number of amides is 1. The predicted molar refractivity (Wildman–Crippen MR) is 113 cm³/mol. The molecule has 0 spiro atoms. The number of carbonyl (C=O) groups excluding carboxylic acids is 1. The number of nitrogens with zero attached hydrogens (tertiary/aromatic N) is 4. The van der Waals surface area contributed by atoms with E-state index in [9.17, 15) is 4.79 Å². The molecule has 0 radical (unpaired) electrons. The summed E-state index contributed by atoms with van der Waals surface area (Å²) in [5.41, 5.74) is 4.01. The zero-order valence-electron chi connectivity index (χ0n) is 15.7. The summed E-state index contributed by atoms with van der Waals surface area (Å²) in [7, 11) is 0. The van der Waals surface area contributed by atoms with Gasteiger partial charge in [0.1, 0.15) is 5.69 Å². The summed E-state index contributed by atoms with van der Waals surface area (Å²) < 4.78 is 2.10. The summed E-state index contributed by atoms with van der Waals surface area (Å²) in [5, 5.41) is 8.47. The number of thioether (sulfide) groups is 1. The van der Waals surface area contributed by atoms with Gasteiger partial charge >= 0.3 is 0 Å². The van der Waals surface area contributed by atoms with Crippen LogP contribution in [0.1, 0.15) is 39.1 Å². The van der Waals surface area contributed by atoms with Crippen LogP contribution in [0.25, 0.3) is 16.1 Å². The number of aromatic nitrogens is 3. The van der Waals surface area contributed by atoms with Gasteiger partial charge in [-0.1, -0.05) is 23.5 Å². The lowest BCUT2D eigenvalue weighted by Gasteiger charge is -2.23.